The van der Waals surface area contributed by atoms with Gasteiger partial charge in [-0.05, 0) is 41.1 Å². The first kappa shape index (κ1) is 14.2. The molecule has 0 amide bonds. The van der Waals surface area contributed by atoms with Crippen molar-refractivity contribution >= 4 is 26.7 Å². The van der Waals surface area contributed by atoms with Gasteiger partial charge in [0.1, 0.15) is 0 Å². The van der Waals surface area contributed by atoms with Crippen molar-refractivity contribution < 1.29 is 0 Å². The Morgan fingerprint density at radius 1 is 1.14 bits per heavy atom. The lowest BCUT2D eigenvalue weighted by molar-refractivity contribution is 0.555. The van der Waals surface area contributed by atoms with E-state index < -0.39 is 0 Å². The van der Waals surface area contributed by atoms with Crippen molar-refractivity contribution in [2.24, 2.45) is 5.84 Å². The first-order chi connectivity index (χ1) is 10.3. The van der Waals surface area contributed by atoms with Gasteiger partial charge in [0.2, 0.25) is 0 Å². The first-order valence-corrected chi connectivity index (χ1v) is 7.60. The van der Waals surface area contributed by atoms with Crippen molar-refractivity contribution in [3.8, 4) is 0 Å². The van der Waals surface area contributed by atoms with E-state index in [2.05, 4.69) is 56.7 Å². The second-order valence-corrected chi connectivity index (χ2v) is 5.91. The Morgan fingerprint density at radius 3 is 2.81 bits per heavy atom. The maximum absolute atomic E-state index is 5.80. The molecule has 3 N–H and O–H groups in total. The molecular weight excluding hydrogens is 326 g/mol. The van der Waals surface area contributed by atoms with Gasteiger partial charge in [-0.25, -0.2) is 0 Å². The summed E-state index contributed by atoms with van der Waals surface area (Å²) in [5.74, 6) is 5.80. The van der Waals surface area contributed by atoms with E-state index in [4.69, 9.17) is 5.84 Å². The molecule has 1 heterocycles. The van der Waals surface area contributed by atoms with Gasteiger partial charge in [0.15, 0.2) is 0 Å². The summed E-state index contributed by atoms with van der Waals surface area (Å²) in [6.07, 6.45) is 4.53. The zero-order chi connectivity index (χ0) is 14.7. The average molecular weight is 342 g/mol. The number of nitrogens with zero attached hydrogens (tertiary/aromatic N) is 1. The Morgan fingerprint density at radius 2 is 2.00 bits per heavy atom. The molecule has 1 aromatic heterocycles. The summed E-state index contributed by atoms with van der Waals surface area (Å²) >= 11 is 3.51. The van der Waals surface area contributed by atoms with Crippen LogP contribution in [0.25, 0.3) is 10.8 Å². The average Bonchev–Trinajstić information content (AvgIpc) is 2.52. The third-order valence-electron chi connectivity index (χ3n) is 3.62. The third-order valence-corrected chi connectivity index (χ3v) is 4.12. The van der Waals surface area contributed by atoms with Crippen LogP contribution in [0.1, 0.15) is 17.2 Å². The summed E-state index contributed by atoms with van der Waals surface area (Å²) in [5.41, 5.74) is 5.33. The second kappa shape index (κ2) is 6.35. The van der Waals surface area contributed by atoms with Gasteiger partial charge in [-0.2, -0.15) is 0 Å². The molecule has 106 valence electrons. The first-order valence-electron chi connectivity index (χ1n) is 6.81. The van der Waals surface area contributed by atoms with Crippen LogP contribution in [0, 0.1) is 0 Å². The Labute approximate surface area is 132 Å². The summed E-state index contributed by atoms with van der Waals surface area (Å²) in [6, 6.07) is 16.6. The highest BCUT2D eigenvalue weighted by atomic mass is 79.9. The topological polar surface area (TPSA) is 50.9 Å². The Bertz CT molecular complexity index is 752. The van der Waals surface area contributed by atoms with E-state index in [1.165, 1.54) is 16.5 Å². The monoisotopic (exact) mass is 341 g/mol. The molecule has 0 aliphatic rings. The molecule has 0 radical (unpaired) electrons. The van der Waals surface area contributed by atoms with Crippen LogP contribution >= 0.6 is 15.9 Å². The van der Waals surface area contributed by atoms with Gasteiger partial charge in [-0.1, -0.05) is 46.3 Å². The van der Waals surface area contributed by atoms with Gasteiger partial charge in [0.25, 0.3) is 0 Å². The van der Waals surface area contributed by atoms with Crippen molar-refractivity contribution in [1.29, 1.82) is 0 Å². The molecule has 0 saturated carbocycles. The zero-order valence-electron chi connectivity index (χ0n) is 11.5. The predicted octanol–water partition coefficient (Wildman–Crippen LogP) is 3.74. The highest BCUT2D eigenvalue weighted by Crippen LogP contribution is 2.26. The van der Waals surface area contributed by atoms with Crippen molar-refractivity contribution in [2.75, 3.05) is 0 Å². The minimum atomic E-state index is 0.0483. The number of nitrogens with two attached hydrogens (primary N) is 1. The van der Waals surface area contributed by atoms with Gasteiger partial charge in [0.05, 0.1) is 6.04 Å². The fourth-order valence-electron chi connectivity index (χ4n) is 2.60. The van der Waals surface area contributed by atoms with Crippen LogP contribution in [0.3, 0.4) is 0 Å². The van der Waals surface area contributed by atoms with E-state index in [1.54, 1.807) is 0 Å². The SMILES string of the molecule is NNC(Cc1cccc(Br)c1)c1cccc2ccncc12. The van der Waals surface area contributed by atoms with Crippen LogP contribution in [0.4, 0.5) is 0 Å². The fourth-order valence-corrected chi connectivity index (χ4v) is 3.05. The summed E-state index contributed by atoms with van der Waals surface area (Å²) in [5, 5.41) is 2.31. The van der Waals surface area contributed by atoms with Gasteiger partial charge in [-0.3, -0.25) is 16.3 Å². The number of hydrogen-bond donors (Lipinski definition) is 2. The van der Waals surface area contributed by atoms with Crippen LogP contribution in [-0.4, -0.2) is 4.98 Å². The zero-order valence-corrected chi connectivity index (χ0v) is 13.0. The molecule has 2 aromatic carbocycles. The van der Waals surface area contributed by atoms with E-state index in [1.807, 2.05) is 30.6 Å². The summed E-state index contributed by atoms with van der Waals surface area (Å²) < 4.78 is 1.08. The Balaban J connectivity index is 1.98. The van der Waals surface area contributed by atoms with Crippen LogP contribution < -0.4 is 11.3 Å². The summed E-state index contributed by atoms with van der Waals surface area (Å²) in [4.78, 5) is 4.24. The number of pyridine rings is 1. The number of benzene rings is 2. The number of nitrogens with one attached hydrogen (secondary N) is 1. The Hall–Kier alpha value is -1.75. The van der Waals surface area contributed by atoms with Crippen molar-refractivity contribution in [1.82, 2.24) is 10.4 Å². The maximum Gasteiger partial charge on any atom is 0.0507 e. The highest BCUT2D eigenvalue weighted by molar-refractivity contribution is 9.10. The minimum Gasteiger partial charge on any atom is -0.271 e. The van der Waals surface area contributed by atoms with Crippen LogP contribution in [-0.2, 0) is 6.42 Å². The molecule has 3 nitrogen and oxygen atoms in total. The maximum atomic E-state index is 5.80. The molecule has 0 aliphatic heterocycles. The number of hydrogen-bond acceptors (Lipinski definition) is 3. The molecule has 4 heteroatoms. The largest absolute Gasteiger partial charge is 0.271 e. The molecule has 0 fully saturated rings. The van der Waals surface area contributed by atoms with Crippen LogP contribution in [0.5, 0.6) is 0 Å². The lowest BCUT2D eigenvalue weighted by Gasteiger charge is -2.18. The molecule has 0 bridgehead atoms. The molecule has 3 rings (SSSR count). The van der Waals surface area contributed by atoms with Crippen LogP contribution in [0.15, 0.2) is 65.4 Å². The predicted molar refractivity (Wildman–Crippen MR) is 89.7 cm³/mol. The number of fused-ring (bicyclic) bond motifs is 1. The Kier molecular flexibility index (Phi) is 4.29. The number of aromatic nitrogens is 1. The van der Waals surface area contributed by atoms with E-state index >= 15 is 0 Å². The normalized spacial score (nSPS) is 12.5. The van der Waals surface area contributed by atoms with Gasteiger partial charge in [-0.15, -0.1) is 0 Å². The van der Waals surface area contributed by atoms with Crippen LogP contribution in [0.2, 0.25) is 0 Å². The molecular formula is C17H16BrN3. The van der Waals surface area contributed by atoms with Crippen molar-refractivity contribution in [3.63, 3.8) is 0 Å². The molecule has 3 aromatic rings. The third kappa shape index (κ3) is 3.13. The lowest BCUT2D eigenvalue weighted by Crippen LogP contribution is -2.29. The quantitative estimate of drug-likeness (QED) is 0.561. The van der Waals surface area contributed by atoms with Gasteiger partial charge >= 0.3 is 0 Å². The number of rotatable bonds is 4. The van der Waals surface area contributed by atoms with Gasteiger partial charge < -0.3 is 0 Å². The molecule has 1 unspecified atom stereocenters. The second-order valence-electron chi connectivity index (χ2n) is 5.00. The number of hydrazine groups is 1. The van der Waals surface area contributed by atoms with Gasteiger partial charge in [0, 0.05) is 22.3 Å². The lowest BCUT2D eigenvalue weighted by atomic mass is 9.95. The van der Waals surface area contributed by atoms with E-state index in [-0.39, 0.29) is 6.04 Å². The molecule has 0 aliphatic carbocycles. The minimum absolute atomic E-state index is 0.0483. The van der Waals surface area contributed by atoms with E-state index in [0.717, 1.165) is 16.3 Å². The van der Waals surface area contributed by atoms with E-state index in [0.29, 0.717) is 0 Å². The standard InChI is InChI=1S/C17H16BrN3/c18-14-5-1-3-12(9-14)10-17(21-19)15-6-2-4-13-7-8-20-11-16(13)15/h1-9,11,17,21H,10,19H2. The fraction of sp³-hybridized carbons (Fsp3) is 0.118. The summed E-state index contributed by atoms with van der Waals surface area (Å²) in [7, 11) is 0. The molecule has 21 heavy (non-hydrogen) atoms. The highest BCUT2D eigenvalue weighted by Gasteiger charge is 2.13. The summed E-state index contributed by atoms with van der Waals surface area (Å²) in [6.45, 7) is 0. The van der Waals surface area contributed by atoms with Crippen molar-refractivity contribution in [3.05, 3.63) is 76.5 Å². The molecule has 0 saturated heterocycles. The van der Waals surface area contributed by atoms with E-state index in [9.17, 15) is 0 Å². The smallest absolute Gasteiger partial charge is 0.0507 e. The number of halogens is 1. The molecule has 0 spiro atoms. The molecule has 1 atom stereocenters. The van der Waals surface area contributed by atoms with Crippen molar-refractivity contribution in [2.45, 2.75) is 12.5 Å².